The lowest BCUT2D eigenvalue weighted by Crippen LogP contribution is -2.09. The zero-order chi connectivity index (χ0) is 13.2. The van der Waals surface area contributed by atoms with E-state index >= 15 is 0 Å². The topological polar surface area (TPSA) is 67.3 Å². The third kappa shape index (κ3) is 2.57. The van der Waals surface area contributed by atoms with Crippen molar-refractivity contribution >= 4 is 32.2 Å². The summed E-state index contributed by atoms with van der Waals surface area (Å²) in [7, 11) is -3.47. The predicted octanol–water partition coefficient (Wildman–Crippen LogP) is 2.34. The third-order valence-corrected chi connectivity index (χ3v) is 4.56. The van der Waals surface area contributed by atoms with E-state index in [2.05, 4.69) is 4.98 Å². The smallest absolute Gasteiger partial charge is 0.196 e. The maximum Gasteiger partial charge on any atom is 0.196 e. The molecule has 4 nitrogen and oxygen atoms in total. The normalized spacial score (nSPS) is 11.8. The number of phenolic OH excluding ortho intramolecular Hbond substituents is 1. The molecule has 1 aromatic heterocycles. The number of aromatic nitrogens is 1. The fourth-order valence-corrected chi connectivity index (χ4v) is 3.46. The minimum absolute atomic E-state index is 0.000941. The summed E-state index contributed by atoms with van der Waals surface area (Å²) in [6, 6.07) is 6.29. The molecule has 1 N–H and O–H groups in total. The summed E-state index contributed by atoms with van der Waals surface area (Å²) in [5.74, 6) is 0.261. The first kappa shape index (κ1) is 13.1. The Hall–Kier alpha value is -1.33. The lowest BCUT2D eigenvalue weighted by molar-refractivity contribution is 0.476. The Balaban J connectivity index is 2.60. The van der Waals surface area contributed by atoms with Crippen LogP contribution in [0.4, 0.5) is 0 Å². The van der Waals surface area contributed by atoms with Crippen LogP contribution in [0.25, 0.3) is 10.8 Å². The molecule has 0 aliphatic rings. The number of rotatable bonds is 4. The second-order valence-corrected chi connectivity index (χ2v) is 6.29. The summed E-state index contributed by atoms with van der Waals surface area (Å²) >= 11 is 5.51. The second kappa shape index (κ2) is 5.12. The van der Waals surface area contributed by atoms with Crippen LogP contribution in [-0.4, -0.2) is 30.1 Å². The molecule has 0 saturated heterocycles. The average Bonchev–Trinajstić information content (AvgIpc) is 2.35. The van der Waals surface area contributed by atoms with Gasteiger partial charge in [-0.1, -0.05) is 6.07 Å². The summed E-state index contributed by atoms with van der Waals surface area (Å²) in [4.78, 5) is 3.93. The van der Waals surface area contributed by atoms with Crippen LogP contribution in [0.3, 0.4) is 0 Å². The van der Waals surface area contributed by atoms with Crippen molar-refractivity contribution in [3.05, 3.63) is 30.5 Å². The first-order valence-corrected chi connectivity index (χ1v) is 7.60. The van der Waals surface area contributed by atoms with Gasteiger partial charge in [0.1, 0.15) is 5.75 Å². The van der Waals surface area contributed by atoms with E-state index in [-0.39, 0.29) is 22.4 Å². The van der Waals surface area contributed by atoms with Crippen molar-refractivity contribution in [2.24, 2.45) is 0 Å². The second-order valence-electron chi connectivity index (χ2n) is 3.88. The maximum atomic E-state index is 12.1. The third-order valence-electron chi connectivity index (χ3n) is 2.55. The van der Waals surface area contributed by atoms with Gasteiger partial charge < -0.3 is 5.11 Å². The van der Waals surface area contributed by atoms with Gasteiger partial charge in [-0.15, -0.1) is 11.6 Å². The maximum absolute atomic E-state index is 12.1. The minimum Gasteiger partial charge on any atom is -0.508 e. The average molecular weight is 286 g/mol. The SMILES string of the molecule is O=S(=O)(CCCCl)c1nccc2ccc(O)cc12. The Labute approximate surface area is 110 Å². The minimum atomic E-state index is -3.47. The molecule has 0 unspecified atom stereocenters. The Morgan fingerprint density at radius 1 is 1.28 bits per heavy atom. The van der Waals surface area contributed by atoms with Gasteiger partial charge >= 0.3 is 0 Å². The summed E-state index contributed by atoms with van der Waals surface area (Å²) in [6.45, 7) is 0. The number of sulfone groups is 1. The largest absolute Gasteiger partial charge is 0.508 e. The lowest BCUT2D eigenvalue weighted by Gasteiger charge is -2.06. The molecule has 18 heavy (non-hydrogen) atoms. The molecule has 2 aromatic rings. The van der Waals surface area contributed by atoms with Gasteiger partial charge in [0, 0.05) is 17.5 Å². The molecular formula is C12H12ClNO3S. The van der Waals surface area contributed by atoms with Crippen LogP contribution in [0.15, 0.2) is 35.5 Å². The van der Waals surface area contributed by atoms with E-state index in [4.69, 9.17) is 11.6 Å². The van der Waals surface area contributed by atoms with Gasteiger partial charge in [-0.3, -0.25) is 0 Å². The van der Waals surface area contributed by atoms with Gasteiger partial charge in [0.25, 0.3) is 0 Å². The highest BCUT2D eigenvalue weighted by atomic mass is 35.5. The van der Waals surface area contributed by atoms with Crippen molar-refractivity contribution in [3.63, 3.8) is 0 Å². The van der Waals surface area contributed by atoms with Crippen LogP contribution < -0.4 is 0 Å². The molecule has 0 amide bonds. The van der Waals surface area contributed by atoms with Crippen molar-refractivity contribution in [3.8, 4) is 5.75 Å². The molecule has 0 saturated carbocycles. The van der Waals surface area contributed by atoms with E-state index < -0.39 is 9.84 Å². The van der Waals surface area contributed by atoms with Crippen molar-refractivity contribution < 1.29 is 13.5 Å². The van der Waals surface area contributed by atoms with E-state index in [9.17, 15) is 13.5 Å². The molecule has 0 fully saturated rings. The van der Waals surface area contributed by atoms with E-state index in [0.29, 0.717) is 11.8 Å². The van der Waals surface area contributed by atoms with Gasteiger partial charge in [-0.2, -0.15) is 0 Å². The highest BCUT2D eigenvalue weighted by Gasteiger charge is 2.18. The summed E-state index contributed by atoms with van der Waals surface area (Å²) in [5, 5.41) is 10.6. The first-order valence-electron chi connectivity index (χ1n) is 5.41. The molecule has 0 atom stereocenters. The van der Waals surface area contributed by atoms with E-state index in [0.717, 1.165) is 5.39 Å². The van der Waals surface area contributed by atoms with Gasteiger partial charge in [0.15, 0.2) is 14.9 Å². The molecule has 0 spiro atoms. The summed E-state index contributed by atoms with van der Waals surface area (Å²) < 4.78 is 24.2. The fraction of sp³-hybridized carbons (Fsp3) is 0.250. The molecule has 2 rings (SSSR count). The molecule has 0 bridgehead atoms. The summed E-state index contributed by atoms with van der Waals surface area (Å²) in [6.07, 6.45) is 1.83. The number of benzene rings is 1. The van der Waals surface area contributed by atoms with Gasteiger partial charge in [-0.05, 0) is 30.0 Å². The molecule has 1 heterocycles. The Kier molecular flexibility index (Phi) is 3.73. The number of nitrogens with zero attached hydrogens (tertiary/aromatic N) is 1. The Morgan fingerprint density at radius 2 is 2.06 bits per heavy atom. The van der Waals surface area contributed by atoms with Crippen LogP contribution in [0.1, 0.15) is 6.42 Å². The number of phenols is 1. The quantitative estimate of drug-likeness (QED) is 0.876. The standard InChI is InChI=1S/C12H12ClNO3S/c13-5-1-7-18(16,17)12-11-8-10(15)3-2-9(11)4-6-14-12/h2-4,6,8,15H,1,5,7H2. The van der Waals surface area contributed by atoms with Crippen LogP contribution in [-0.2, 0) is 9.84 Å². The van der Waals surface area contributed by atoms with Crippen LogP contribution >= 0.6 is 11.6 Å². The highest BCUT2D eigenvalue weighted by molar-refractivity contribution is 7.91. The van der Waals surface area contributed by atoms with Crippen molar-refractivity contribution in [2.75, 3.05) is 11.6 Å². The number of hydrogen-bond acceptors (Lipinski definition) is 4. The summed E-state index contributed by atoms with van der Waals surface area (Å²) in [5.41, 5.74) is 0. The van der Waals surface area contributed by atoms with E-state index in [1.54, 1.807) is 12.1 Å². The first-order chi connectivity index (χ1) is 8.54. The van der Waals surface area contributed by atoms with Crippen LogP contribution in [0, 0.1) is 0 Å². The Morgan fingerprint density at radius 3 is 2.78 bits per heavy atom. The monoisotopic (exact) mass is 285 g/mol. The molecule has 6 heteroatoms. The lowest BCUT2D eigenvalue weighted by atomic mass is 10.2. The zero-order valence-electron chi connectivity index (χ0n) is 9.51. The Bertz CT molecular complexity index is 670. The van der Waals surface area contributed by atoms with Crippen molar-refractivity contribution in [1.29, 1.82) is 0 Å². The molecule has 0 aliphatic heterocycles. The molecular weight excluding hydrogens is 274 g/mol. The number of aromatic hydroxyl groups is 1. The van der Waals surface area contributed by atoms with Crippen molar-refractivity contribution in [2.45, 2.75) is 11.4 Å². The fourth-order valence-electron chi connectivity index (χ4n) is 1.72. The van der Waals surface area contributed by atoms with Gasteiger partial charge in [-0.25, -0.2) is 13.4 Å². The van der Waals surface area contributed by atoms with Crippen molar-refractivity contribution in [1.82, 2.24) is 4.98 Å². The van der Waals surface area contributed by atoms with Gasteiger partial charge in [0.05, 0.1) is 5.75 Å². The highest BCUT2D eigenvalue weighted by Crippen LogP contribution is 2.25. The van der Waals surface area contributed by atoms with Crippen LogP contribution in [0.5, 0.6) is 5.75 Å². The predicted molar refractivity (Wildman–Crippen MR) is 70.8 cm³/mol. The van der Waals surface area contributed by atoms with E-state index in [1.807, 2.05) is 0 Å². The number of fused-ring (bicyclic) bond motifs is 1. The van der Waals surface area contributed by atoms with Crippen LogP contribution in [0.2, 0.25) is 0 Å². The number of halogens is 1. The zero-order valence-corrected chi connectivity index (χ0v) is 11.1. The number of pyridine rings is 1. The van der Waals surface area contributed by atoms with E-state index in [1.165, 1.54) is 18.3 Å². The molecule has 96 valence electrons. The molecule has 0 aliphatic carbocycles. The van der Waals surface area contributed by atoms with Gasteiger partial charge in [0.2, 0.25) is 0 Å². The molecule has 1 aromatic carbocycles. The number of hydrogen-bond donors (Lipinski definition) is 1. The number of alkyl halides is 1. The molecule has 0 radical (unpaired) electrons.